The summed E-state index contributed by atoms with van der Waals surface area (Å²) >= 11 is 6.16. The largest absolute Gasteiger partial charge is 0.497 e. The summed E-state index contributed by atoms with van der Waals surface area (Å²) in [7, 11) is -0.730. The van der Waals surface area contributed by atoms with Gasteiger partial charge >= 0.3 is 0 Å². The van der Waals surface area contributed by atoms with Gasteiger partial charge in [-0.25, -0.2) is 8.42 Å². The van der Waals surface area contributed by atoms with Crippen molar-refractivity contribution in [1.29, 1.82) is 0 Å². The Balaban J connectivity index is 1.86. The van der Waals surface area contributed by atoms with Crippen LogP contribution in [0.5, 0.6) is 17.2 Å². The average molecular weight is 483 g/mol. The Kier molecular flexibility index (Phi) is 6.80. The molecule has 174 valence electrons. The fraction of sp³-hybridized carbons (Fsp3) is 0.409. The summed E-state index contributed by atoms with van der Waals surface area (Å²) in [6, 6.07) is 9.57. The first-order chi connectivity index (χ1) is 14.9. The van der Waals surface area contributed by atoms with Crippen molar-refractivity contribution in [2.24, 2.45) is 0 Å². The predicted molar refractivity (Wildman–Crippen MR) is 123 cm³/mol. The highest BCUT2D eigenvalue weighted by molar-refractivity contribution is 7.92. The lowest BCUT2D eigenvalue weighted by atomic mass is 9.89. The van der Waals surface area contributed by atoms with Crippen LogP contribution in [0.2, 0.25) is 5.02 Å². The highest BCUT2D eigenvalue weighted by Crippen LogP contribution is 2.41. The minimum atomic E-state index is -3.76. The van der Waals surface area contributed by atoms with Gasteiger partial charge in [0.05, 0.1) is 37.2 Å². The Morgan fingerprint density at radius 3 is 2.53 bits per heavy atom. The van der Waals surface area contributed by atoms with E-state index < -0.39 is 28.1 Å². The molecule has 1 amide bonds. The zero-order valence-electron chi connectivity index (χ0n) is 18.6. The number of hydrogen-bond donors (Lipinski definition) is 1. The number of fused-ring (bicyclic) bond motifs is 1. The molecular weight excluding hydrogens is 456 g/mol. The van der Waals surface area contributed by atoms with Gasteiger partial charge in [0.15, 0.2) is 0 Å². The van der Waals surface area contributed by atoms with Crippen LogP contribution in [0.15, 0.2) is 36.4 Å². The van der Waals surface area contributed by atoms with Gasteiger partial charge in [-0.2, -0.15) is 0 Å². The fourth-order valence-electron chi connectivity index (χ4n) is 3.67. The van der Waals surface area contributed by atoms with E-state index in [2.05, 4.69) is 5.32 Å². The van der Waals surface area contributed by atoms with E-state index in [1.165, 1.54) is 19.2 Å². The molecule has 10 heteroatoms. The number of nitrogens with one attached hydrogen (secondary N) is 1. The number of anilines is 1. The molecule has 1 aliphatic rings. The van der Waals surface area contributed by atoms with E-state index in [1.807, 2.05) is 19.9 Å². The summed E-state index contributed by atoms with van der Waals surface area (Å²) in [6.45, 7) is 3.46. The number of rotatable bonds is 7. The standard InChI is InChI=1S/C22H27ClN2O6S/c1-22(2)12-18(16-11-15(29-3)7-9-19(16)31-22)24-21(26)13-25(32(5,27)28)14-6-8-20(30-4)17(23)10-14/h6-11,18H,12-13H2,1-5H3,(H,24,26). The number of carbonyl (C=O) groups excluding carboxylic acids is 1. The molecule has 8 nitrogen and oxygen atoms in total. The molecule has 3 rings (SSSR count). The molecule has 1 atom stereocenters. The summed E-state index contributed by atoms with van der Waals surface area (Å²) in [5.74, 6) is 1.23. The second-order valence-corrected chi connectivity index (χ2v) is 10.5. The number of nitrogens with zero attached hydrogens (tertiary/aromatic N) is 1. The van der Waals surface area contributed by atoms with E-state index >= 15 is 0 Å². The third-order valence-electron chi connectivity index (χ3n) is 5.12. The Hall–Kier alpha value is -2.65. The van der Waals surface area contributed by atoms with Gasteiger partial charge < -0.3 is 19.5 Å². The normalized spacial score (nSPS) is 17.0. The summed E-state index contributed by atoms with van der Waals surface area (Å²) in [5, 5.41) is 3.20. The van der Waals surface area contributed by atoms with Crippen LogP contribution in [0.3, 0.4) is 0 Å². The van der Waals surface area contributed by atoms with Gasteiger partial charge in [0.2, 0.25) is 15.9 Å². The molecule has 0 radical (unpaired) electrons. The molecule has 32 heavy (non-hydrogen) atoms. The van der Waals surface area contributed by atoms with Crippen molar-refractivity contribution in [2.45, 2.75) is 31.9 Å². The summed E-state index contributed by atoms with van der Waals surface area (Å²) in [5.41, 5.74) is 0.526. The fourth-order valence-corrected chi connectivity index (χ4v) is 4.77. The topological polar surface area (TPSA) is 94.2 Å². The van der Waals surface area contributed by atoms with Crippen molar-refractivity contribution < 1.29 is 27.4 Å². The lowest BCUT2D eigenvalue weighted by Gasteiger charge is -2.38. The van der Waals surface area contributed by atoms with Crippen LogP contribution in [0, 0.1) is 0 Å². The summed E-state index contributed by atoms with van der Waals surface area (Å²) < 4.78 is 42.3. The highest BCUT2D eigenvalue weighted by atomic mass is 35.5. The van der Waals surface area contributed by atoms with Crippen LogP contribution in [0.4, 0.5) is 5.69 Å². The molecular formula is C22H27ClN2O6S. The van der Waals surface area contributed by atoms with Gasteiger partial charge in [-0.3, -0.25) is 9.10 Å². The Labute approximate surface area is 193 Å². The average Bonchev–Trinajstić information content (AvgIpc) is 2.70. The molecule has 0 saturated carbocycles. The minimum absolute atomic E-state index is 0.242. The number of carbonyl (C=O) groups is 1. The number of hydrogen-bond acceptors (Lipinski definition) is 6. The van der Waals surface area contributed by atoms with Gasteiger partial charge in [0, 0.05) is 12.0 Å². The zero-order chi connectivity index (χ0) is 23.7. The van der Waals surface area contributed by atoms with Gasteiger partial charge in [-0.1, -0.05) is 11.6 Å². The van der Waals surface area contributed by atoms with Crippen molar-refractivity contribution in [3.05, 3.63) is 47.0 Å². The van der Waals surface area contributed by atoms with E-state index in [-0.39, 0.29) is 16.8 Å². The number of sulfonamides is 1. The lowest BCUT2D eigenvalue weighted by Crippen LogP contribution is -2.45. The van der Waals surface area contributed by atoms with Gasteiger partial charge in [0.1, 0.15) is 29.4 Å². The van der Waals surface area contributed by atoms with Crippen molar-refractivity contribution in [3.8, 4) is 17.2 Å². The molecule has 1 heterocycles. The molecule has 2 aromatic carbocycles. The first kappa shape index (κ1) is 24.0. The number of ether oxygens (including phenoxy) is 3. The number of benzene rings is 2. The zero-order valence-corrected chi connectivity index (χ0v) is 20.2. The van der Waals surface area contributed by atoms with E-state index in [0.29, 0.717) is 23.7 Å². The van der Waals surface area contributed by atoms with E-state index in [1.54, 1.807) is 25.3 Å². The first-order valence-electron chi connectivity index (χ1n) is 9.91. The maximum absolute atomic E-state index is 13.0. The highest BCUT2D eigenvalue weighted by Gasteiger charge is 2.35. The van der Waals surface area contributed by atoms with Crippen LogP contribution in [0.1, 0.15) is 31.9 Å². The van der Waals surface area contributed by atoms with Crippen LogP contribution in [-0.4, -0.2) is 46.9 Å². The van der Waals surface area contributed by atoms with Gasteiger partial charge in [0.25, 0.3) is 0 Å². The van der Waals surface area contributed by atoms with Crippen LogP contribution >= 0.6 is 11.6 Å². The molecule has 1 unspecified atom stereocenters. The summed E-state index contributed by atoms with van der Waals surface area (Å²) in [4.78, 5) is 13.0. The molecule has 2 aromatic rings. The SMILES string of the molecule is COc1ccc2c(c1)C(NC(=O)CN(c1ccc(OC)c(Cl)c1)S(C)(=O)=O)CC(C)(C)O2. The number of amides is 1. The van der Waals surface area contributed by atoms with Crippen molar-refractivity contribution in [1.82, 2.24) is 5.32 Å². The second kappa shape index (κ2) is 9.07. The maximum Gasteiger partial charge on any atom is 0.241 e. The van der Waals surface area contributed by atoms with Crippen molar-refractivity contribution >= 4 is 33.2 Å². The second-order valence-electron chi connectivity index (χ2n) is 8.18. The molecule has 0 fully saturated rings. The smallest absolute Gasteiger partial charge is 0.241 e. The monoisotopic (exact) mass is 482 g/mol. The Bertz CT molecular complexity index is 1120. The third-order valence-corrected chi connectivity index (χ3v) is 6.56. The number of methoxy groups -OCH3 is 2. The van der Waals surface area contributed by atoms with E-state index in [0.717, 1.165) is 16.1 Å². The first-order valence-corrected chi connectivity index (χ1v) is 12.1. The predicted octanol–water partition coefficient (Wildman–Crippen LogP) is 3.54. The third kappa shape index (κ3) is 5.39. The molecule has 1 aliphatic heterocycles. The molecule has 1 N–H and O–H groups in total. The van der Waals surface area contributed by atoms with E-state index in [9.17, 15) is 13.2 Å². The van der Waals surface area contributed by atoms with Crippen molar-refractivity contribution in [2.75, 3.05) is 31.3 Å². The van der Waals surface area contributed by atoms with Gasteiger partial charge in [-0.05, 0) is 50.2 Å². The Morgan fingerprint density at radius 1 is 1.22 bits per heavy atom. The molecule has 0 spiro atoms. The van der Waals surface area contributed by atoms with Crippen LogP contribution in [0.25, 0.3) is 0 Å². The van der Waals surface area contributed by atoms with E-state index in [4.69, 9.17) is 25.8 Å². The molecule has 0 aromatic heterocycles. The van der Waals surface area contributed by atoms with Crippen LogP contribution in [-0.2, 0) is 14.8 Å². The van der Waals surface area contributed by atoms with Gasteiger partial charge in [-0.15, -0.1) is 0 Å². The van der Waals surface area contributed by atoms with Crippen molar-refractivity contribution in [3.63, 3.8) is 0 Å². The maximum atomic E-state index is 13.0. The quantitative estimate of drug-likeness (QED) is 0.648. The molecule has 0 aliphatic carbocycles. The minimum Gasteiger partial charge on any atom is -0.497 e. The molecule has 0 saturated heterocycles. The number of halogens is 1. The summed E-state index contributed by atoms with van der Waals surface area (Å²) in [6.07, 6.45) is 1.54. The molecule has 0 bridgehead atoms. The van der Waals surface area contributed by atoms with Crippen LogP contribution < -0.4 is 23.8 Å². The Morgan fingerprint density at radius 2 is 1.94 bits per heavy atom. The lowest BCUT2D eigenvalue weighted by molar-refractivity contribution is -0.120.